The minimum absolute atomic E-state index is 0.0215. The first-order chi connectivity index (χ1) is 8.02. The van der Waals surface area contributed by atoms with Gasteiger partial charge in [-0.05, 0) is 18.2 Å². The fraction of sp³-hybridized carbons (Fsp3) is 0.286. The smallest absolute Gasteiger partial charge is 0.150 e. The maximum atomic E-state index is 10.8. The molecule has 0 aliphatic heterocycles. The highest BCUT2D eigenvalue weighted by atomic mass is 16.1. The van der Waals surface area contributed by atoms with Gasteiger partial charge in [0.25, 0.3) is 0 Å². The molecule has 0 radical (unpaired) electrons. The van der Waals surface area contributed by atoms with Crippen molar-refractivity contribution < 1.29 is 4.79 Å². The Morgan fingerprint density at radius 2 is 2.00 bits per heavy atom. The van der Waals surface area contributed by atoms with Gasteiger partial charge in [0.05, 0.1) is 5.69 Å². The molecule has 0 aliphatic rings. The lowest BCUT2D eigenvalue weighted by Crippen LogP contribution is -2.17. The number of carbonyl (C=O) groups excluding carboxylic acids is 1. The van der Waals surface area contributed by atoms with Crippen molar-refractivity contribution >= 4 is 6.29 Å². The Morgan fingerprint density at radius 3 is 2.65 bits per heavy atom. The number of aldehydes is 1. The van der Waals surface area contributed by atoms with E-state index in [1.807, 2.05) is 28.9 Å². The summed E-state index contributed by atoms with van der Waals surface area (Å²) in [5.41, 5.74) is 2.73. The van der Waals surface area contributed by atoms with Gasteiger partial charge in [0.1, 0.15) is 6.29 Å². The summed E-state index contributed by atoms with van der Waals surface area (Å²) < 4.78 is 1.88. The molecule has 3 heteroatoms. The maximum absolute atomic E-state index is 10.8. The summed E-state index contributed by atoms with van der Waals surface area (Å²) in [5.74, 6) is 0. The Labute approximate surface area is 101 Å². The van der Waals surface area contributed by atoms with Crippen LogP contribution in [-0.2, 0) is 5.41 Å². The molecule has 0 fully saturated rings. The monoisotopic (exact) mass is 228 g/mol. The summed E-state index contributed by atoms with van der Waals surface area (Å²) in [7, 11) is 0. The third-order valence-corrected chi connectivity index (χ3v) is 2.66. The first-order valence-corrected chi connectivity index (χ1v) is 5.62. The fourth-order valence-corrected chi connectivity index (χ4v) is 1.81. The second kappa shape index (κ2) is 4.17. The van der Waals surface area contributed by atoms with Crippen LogP contribution in [-0.4, -0.2) is 16.1 Å². The topological polar surface area (TPSA) is 34.9 Å². The second-order valence-electron chi connectivity index (χ2n) is 5.09. The van der Waals surface area contributed by atoms with Crippen molar-refractivity contribution in [2.45, 2.75) is 26.2 Å². The molecule has 0 N–H and O–H groups in total. The highest BCUT2D eigenvalue weighted by Gasteiger charge is 2.19. The van der Waals surface area contributed by atoms with Crippen LogP contribution in [0.25, 0.3) is 5.69 Å². The first kappa shape index (κ1) is 11.6. The van der Waals surface area contributed by atoms with Gasteiger partial charge >= 0.3 is 0 Å². The number of hydrogen-bond acceptors (Lipinski definition) is 2. The van der Waals surface area contributed by atoms with Crippen LogP contribution in [0.15, 0.2) is 36.5 Å². The molecule has 3 nitrogen and oxygen atoms in total. The maximum Gasteiger partial charge on any atom is 0.150 e. The standard InChI is InChI=1S/C14H16N2O/c1-14(2,3)13-7-8-15-16(13)12-6-4-5-11(9-12)10-17/h4-10H,1-3H3. The van der Waals surface area contributed by atoms with E-state index in [0.29, 0.717) is 5.56 Å². The third-order valence-electron chi connectivity index (χ3n) is 2.66. The van der Waals surface area contributed by atoms with Crippen LogP contribution in [0.1, 0.15) is 36.8 Å². The number of carbonyl (C=O) groups is 1. The molecule has 0 bridgehead atoms. The van der Waals surface area contributed by atoms with Crippen molar-refractivity contribution in [3.63, 3.8) is 0 Å². The van der Waals surface area contributed by atoms with Crippen LogP contribution in [0.2, 0.25) is 0 Å². The van der Waals surface area contributed by atoms with Crippen LogP contribution in [0.3, 0.4) is 0 Å². The van der Waals surface area contributed by atoms with E-state index in [4.69, 9.17) is 0 Å². The molecule has 1 heterocycles. The van der Waals surface area contributed by atoms with Gasteiger partial charge in [-0.2, -0.15) is 5.10 Å². The Kier molecular flexibility index (Phi) is 2.84. The molecule has 0 unspecified atom stereocenters. The number of aromatic nitrogens is 2. The zero-order valence-corrected chi connectivity index (χ0v) is 10.3. The zero-order chi connectivity index (χ0) is 12.5. The van der Waals surface area contributed by atoms with Gasteiger partial charge in [0, 0.05) is 22.9 Å². The molecule has 0 amide bonds. The van der Waals surface area contributed by atoms with Crippen molar-refractivity contribution in [3.05, 3.63) is 47.8 Å². The highest BCUT2D eigenvalue weighted by molar-refractivity contribution is 5.75. The summed E-state index contributed by atoms with van der Waals surface area (Å²) in [4.78, 5) is 10.8. The third kappa shape index (κ3) is 2.28. The van der Waals surface area contributed by atoms with Crippen LogP contribution >= 0.6 is 0 Å². The molecule has 2 rings (SSSR count). The van der Waals surface area contributed by atoms with E-state index in [1.54, 1.807) is 12.3 Å². The van der Waals surface area contributed by atoms with E-state index in [0.717, 1.165) is 17.7 Å². The normalized spacial score (nSPS) is 11.5. The Hall–Kier alpha value is -1.90. The molecule has 0 aliphatic carbocycles. The number of benzene rings is 1. The van der Waals surface area contributed by atoms with Gasteiger partial charge in [0.15, 0.2) is 0 Å². The second-order valence-corrected chi connectivity index (χ2v) is 5.09. The number of rotatable bonds is 2. The summed E-state index contributed by atoms with van der Waals surface area (Å²) in [6.07, 6.45) is 2.64. The van der Waals surface area contributed by atoms with Crippen molar-refractivity contribution in [1.82, 2.24) is 9.78 Å². The van der Waals surface area contributed by atoms with Crippen molar-refractivity contribution in [2.24, 2.45) is 0 Å². The Bertz CT molecular complexity index is 535. The van der Waals surface area contributed by atoms with Crippen LogP contribution in [0.5, 0.6) is 0 Å². The van der Waals surface area contributed by atoms with Crippen LogP contribution < -0.4 is 0 Å². The molecular formula is C14H16N2O. The molecular weight excluding hydrogens is 212 g/mol. The lowest BCUT2D eigenvalue weighted by molar-refractivity contribution is 0.112. The molecule has 2 aromatic rings. The van der Waals surface area contributed by atoms with Gasteiger partial charge in [0.2, 0.25) is 0 Å². The van der Waals surface area contributed by atoms with Crippen molar-refractivity contribution in [3.8, 4) is 5.69 Å². The predicted molar refractivity (Wildman–Crippen MR) is 67.7 cm³/mol. The molecule has 0 saturated carbocycles. The van der Waals surface area contributed by atoms with Gasteiger partial charge in [-0.15, -0.1) is 0 Å². The Morgan fingerprint density at radius 1 is 1.24 bits per heavy atom. The molecule has 0 spiro atoms. The predicted octanol–water partition coefficient (Wildman–Crippen LogP) is 2.98. The molecule has 1 aromatic heterocycles. The minimum Gasteiger partial charge on any atom is -0.298 e. The molecule has 17 heavy (non-hydrogen) atoms. The van der Waals surface area contributed by atoms with Gasteiger partial charge in [-0.3, -0.25) is 4.79 Å². The van der Waals surface area contributed by atoms with E-state index in [2.05, 4.69) is 25.9 Å². The first-order valence-electron chi connectivity index (χ1n) is 5.62. The molecule has 88 valence electrons. The van der Waals surface area contributed by atoms with E-state index >= 15 is 0 Å². The average Bonchev–Trinajstić information content (AvgIpc) is 2.77. The lowest BCUT2D eigenvalue weighted by atomic mass is 9.92. The van der Waals surface area contributed by atoms with Gasteiger partial charge in [-0.1, -0.05) is 32.9 Å². The van der Waals surface area contributed by atoms with Gasteiger partial charge in [-0.25, -0.2) is 4.68 Å². The zero-order valence-electron chi connectivity index (χ0n) is 10.3. The van der Waals surface area contributed by atoms with E-state index < -0.39 is 0 Å². The summed E-state index contributed by atoms with van der Waals surface area (Å²) in [5, 5.41) is 4.33. The van der Waals surface area contributed by atoms with Crippen LogP contribution in [0.4, 0.5) is 0 Å². The van der Waals surface area contributed by atoms with Crippen molar-refractivity contribution in [2.75, 3.05) is 0 Å². The number of hydrogen-bond donors (Lipinski definition) is 0. The lowest BCUT2D eigenvalue weighted by Gasteiger charge is -2.20. The Balaban J connectivity index is 2.53. The fourth-order valence-electron chi connectivity index (χ4n) is 1.81. The van der Waals surface area contributed by atoms with Crippen molar-refractivity contribution in [1.29, 1.82) is 0 Å². The largest absolute Gasteiger partial charge is 0.298 e. The number of nitrogens with zero attached hydrogens (tertiary/aromatic N) is 2. The molecule has 0 saturated heterocycles. The van der Waals surface area contributed by atoms with Gasteiger partial charge < -0.3 is 0 Å². The molecule has 0 atom stereocenters. The average molecular weight is 228 g/mol. The van der Waals surface area contributed by atoms with Crippen LogP contribution in [0, 0.1) is 0 Å². The summed E-state index contributed by atoms with van der Waals surface area (Å²) in [6, 6.07) is 9.46. The van der Waals surface area contributed by atoms with E-state index in [1.165, 1.54) is 0 Å². The summed E-state index contributed by atoms with van der Waals surface area (Å²) >= 11 is 0. The minimum atomic E-state index is 0.0215. The quantitative estimate of drug-likeness (QED) is 0.741. The summed E-state index contributed by atoms with van der Waals surface area (Å²) in [6.45, 7) is 6.43. The van der Waals surface area contributed by atoms with E-state index in [9.17, 15) is 4.79 Å². The molecule has 1 aromatic carbocycles. The van der Waals surface area contributed by atoms with E-state index in [-0.39, 0.29) is 5.41 Å². The highest BCUT2D eigenvalue weighted by Crippen LogP contribution is 2.24. The SMILES string of the molecule is CC(C)(C)c1ccnn1-c1cccc(C=O)c1.